The average molecular weight is 433 g/mol. The van der Waals surface area contributed by atoms with Gasteiger partial charge < -0.3 is 0 Å². The van der Waals surface area contributed by atoms with Gasteiger partial charge in [0.25, 0.3) is 0 Å². The van der Waals surface area contributed by atoms with Crippen molar-refractivity contribution in [3.05, 3.63) is 52.7 Å². The number of amides is 1. The highest BCUT2D eigenvalue weighted by Gasteiger charge is 2.32. The van der Waals surface area contributed by atoms with E-state index in [0.717, 1.165) is 11.3 Å². The average Bonchev–Trinajstić information content (AvgIpc) is 2.71. The summed E-state index contributed by atoms with van der Waals surface area (Å²) in [6.07, 6.45) is 3.40. The first-order chi connectivity index (χ1) is 14.2. The van der Waals surface area contributed by atoms with Crippen LogP contribution in [0.3, 0.4) is 0 Å². The predicted octanol–water partition coefficient (Wildman–Crippen LogP) is 2.54. The van der Waals surface area contributed by atoms with Crippen molar-refractivity contribution < 1.29 is 17.6 Å². The molecule has 160 valence electrons. The Morgan fingerprint density at radius 1 is 1.13 bits per heavy atom. The molecule has 7 nitrogen and oxygen atoms in total. The summed E-state index contributed by atoms with van der Waals surface area (Å²) in [6, 6.07) is 6.43. The Kier molecular flexibility index (Phi) is 5.59. The molecule has 0 radical (unpaired) electrons. The van der Waals surface area contributed by atoms with Gasteiger partial charge in [0.05, 0.1) is 12.8 Å². The first-order valence-electron chi connectivity index (χ1n) is 10.1. The fraction of sp³-hybridized carbons (Fsp3) is 0.476. The Hall–Kier alpha value is -2.39. The molecule has 0 aliphatic carbocycles. The highest BCUT2D eigenvalue weighted by Crippen LogP contribution is 2.33. The number of rotatable bonds is 4. The van der Waals surface area contributed by atoms with E-state index in [2.05, 4.69) is 0 Å². The Morgan fingerprint density at radius 3 is 2.50 bits per heavy atom. The van der Waals surface area contributed by atoms with Crippen LogP contribution in [0.5, 0.6) is 0 Å². The minimum Gasteiger partial charge on any atom is -0.292 e. The van der Waals surface area contributed by atoms with Crippen LogP contribution in [0.15, 0.2) is 24.3 Å². The standard InChI is InChI=1S/C21H25FN4O3S/c1-14-17-7-8-19(27)26(13-16-5-3-4-6-18(16)22)21(17)24-20(23-14)15-9-11-25(12-10-15)30(2,28)29/h3-6,15H,7-13H2,1-2H3. The molecule has 1 fully saturated rings. The van der Waals surface area contributed by atoms with E-state index >= 15 is 0 Å². The summed E-state index contributed by atoms with van der Waals surface area (Å²) in [5.41, 5.74) is 2.19. The van der Waals surface area contributed by atoms with Crippen LogP contribution in [0.2, 0.25) is 0 Å². The van der Waals surface area contributed by atoms with Gasteiger partial charge in [-0.25, -0.2) is 27.1 Å². The highest BCUT2D eigenvalue weighted by atomic mass is 32.2. The summed E-state index contributed by atoms with van der Waals surface area (Å²) >= 11 is 0. The van der Waals surface area contributed by atoms with Crippen molar-refractivity contribution in [3.8, 4) is 0 Å². The van der Waals surface area contributed by atoms with Crippen molar-refractivity contribution in [3.63, 3.8) is 0 Å². The van der Waals surface area contributed by atoms with Gasteiger partial charge in [0.15, 0.2) is 0 Å². The van der Waals surface area contributed by atoms with E-state index in [9.17, 15) is 17.6 Å². The van der Waals surface area contributed by atoms with Crippen LogP contribution in [-0.2, 0) is 27.8 Å². The number of nitrogens with zero attached hydrogens (tertiary/aromatic N) is 4. The van der Waals surface area contributed by atoms with Crippen molar-refractivity contribution >= 4 is 21.7 Å². The van der Waals surface area contributed by atoms with Gasteiger partial charge in [-0.15, -0.1) is 0 Å². The second-order valence-corrected chi connectivity index (χ2v) is 9.96. The molecule has 1 aromatic carbocycles. The minimum atomic E-state index is -3.20. The fourth-order valence-electron chi connectivity index (χ4n) is 4.19. The van der Waals surface area contributed by atoms with Crippen LogP contribution in [-0.4, -0.2) is 47.9 Å². The Morgan fingerprint density at radius 2 is 1.83 bits per heavy atom. The van der Waals surface area contributed by atoms with Gasteiger partial charge in [-0.3, -0.25) is 9.69 Å². The highest BCUT2D eigenvalue weighted by molar-refractivity contribution is 7.88. The lowest BCUT2D eigenvalue weighted by Gasteiger charge is -2.32. The molecule has 30 heavy (non-hydrogen) atoms. The lowest BCUT2D eigenvalue weighted by Crippen LogP contribution is -2.38. The maximum Gasteiger partial charge on any atom is 0.228 e. The van der Waals surface area contributed by atoms with Crippen molar-refractivity contribution in [2.24, 2.45) is 0 Å². The van der Waals surface area contributed by atoms with Crippen LogP contribution in [0.4, 0.5) is 10.2 Å². The molecule has 2 aliphatic heterocycles. The molecule has 0 unspecified atom stereocenters. The lowest BCUT2D eigenvalue weighted by molar-refractivity contribution is -0.119. The zero-order chi connectivity index (χ0) is 21.5. The van der Waals surface area contributed by atoms with Crippen LogP contribution in [0.25, 0.3) is 0 Å². The lowest BCUT2D eigenvalue weighted by atomic mass is 9.96. The van der Waals surface area contributed by atoms with Gasteiger partial charge in [-0.1, -0.05) is 18.2 Å². The molecule has 1 amide bonds. The smallest absolute Gasteiger partial charge is 0.228 e. The SMILES string of the molecule is Cc1nc(C2CCN(S(C)(=O)=O)CC2)nc2c1CCC(=O)N2Cc1ccccc1F. The number of carbonyl (C=O) groups is 1. The molecule has 0 N–H and O–H groups in total. The fourth-order valence-corrected chi connectivity index (χ4v) is 5.07. The molecule has 0 atom stereocenters. The number of aryl methyl sites for hydroxylation is 1. The number of fused-ring (bicyclic) bond motifs is 1. The van der Waals surface area contributed by atoms with Crippen LogP contribution < -0.4 is 4.90 Å². The number of benzene rings is 1. The van der Waals surface area contributed by atoms with Crippen molar-refractivity contribution in [1.29, 1.82) is 0 Å². The molecular formula is C21H25FN4O3S. The van der Waals surface area contributed by atoms with E-state index in [1.807, 2.05) is 6.92 Å². The summed E-state index contributed by atoms with van der Waals surface area (Å²) in [7, 11) is -3.20. The molecule has 3 heterocycles. The summed E-state index contributed by atoms with van der Waals surface area (Å²) in [5, 5.41) is 0. The van der Waals surface area contributed by atoms with E-state index in [0.29, 0.717) is 56.0 Å². The second kappa shape index (κ2) is 8.03. The van der Waals surface area contributed by atoms with Gasteiger partial charge in [-0.2, -0.15) is 0 Å². The molecule has 0 spiro atoms. The Balaban J connectivity index is 1.64. The van der Waals surface area contributed by atoms with Crippen molar-refractivity contribution in [2.45, 2.75) is 45.1 Å². The van der Waals surface area contributed by atoms with E-state index in [1.165, 1.54) is 16.6 Å². The molecule has 4 rings (SSSR count). The van der Waals surface area contributed by atoms with Gasteiger partial charge in [-0.05, 0) is 32.3 Å². The summed E-state index contributed by atoms with van der Waals surface area (Å²) < 4.78 is 39.2. The molecule has 0 bridgehead atoms. The maximum absolute atomic E-state index is 14.2. The third-order valence-electron chi connectivity index (χ3n) is 5.93. The zero-order valence-electron chi connectivity index (χ0n) is 17.1. The molecular weight excluding hydrogens is 407 g/mol. The Labute approximate surface area is 176 Å². The first-order valence-corrected chi connectivity index (χ1v) is 11.9. The predicted molar refractivity (Wildman–Crippen MR) is 111 cm³/mol. The largest absolute Gasteiger partial charge is 0.292 e. The van der Waals surface area contributed by atoms with E-state index in [-0.39, 0.29) is 24.2 Å². The number of aromatic nitrogens is 2. The van der Waals surface area contributed by atoms with E-state index in [1.54, 1.807) is 23.1 Å². The van der Waals surface area contributed by atoms with Gasteiger partial charge >= 0.3 is 0 Å². The topological polar surface area (TPSA) is 83.5 Å². The number of hydrogen-bond acceptors (Lipinski definition) is 5. The molecule has 9 heteroatoms. The molecule has 1 saturated heterocycles. The summed E-state index contributed by atoms with van der Waals surface area (Å²) in [6.45, 7) is 2.90. The van der Waals surface area contributed by atoms with E-state index in [4.69, 9.17) is 9.97 Å². The monoisotopic (exact) mass is 432 g/mol. The minimum absolute atomic E-state index is 0.0272. The molecule has 2 aromatic rings. The zero-order valence-corrected chi connectivity index (χ0v) is 18.0. The van der Waals surface area contributed by atoms with Gasteiger partial charge in [0, 0.05) is 42.2 Å². The number of hydrogen-bond donors (Lipinski definition) is 0. The van der Waals surface area contributed by atoms with Crippen LogP contribution in [0, 0.1) is 12.7 Å². The van der Waals surface area contributed by atoms with E-state index < -0.39 is 10.0 Å². The van der Waals surface area contributed by atoms with Gasteiger partial charge in [0.1, 0.15) is 17.5 Å². The Bertz CT molecular complexity index is 1080. The molecule has 1 aromatic heterocycles. The number of piperidine rings is 1. The number of sulfonamides is 1. The number of anilines is 1. The third-order valence-corrected chi connectivity index (χ3v) is 7.23. The first kappa shape index (κ1) is 20.9. The van der Waals surface area contributed by atoms with Crippen molar-refractivity contribution in [2.75, 3.05) is 24.2 Å². The van der Waals surface area contributed by atoms with Crippen LogP contribution >= 0.6 is 0 Å². The molecule has 2 aliphatic rings. The number of halogens is 1. The van der Waals surface area contributed by atoms with Crippen LogP contribution in [0.1, 0.15) is 47.8 Å². The van der Waals surface area contributed by atoms with Crippen molar-refractivity contribution in [1.82, 2.24) is 14.3 Å². The third kappa shape index (κ3) is 4.09. The summed E-state index contributed by atoms with van der Waals surface area (Å²) in [5.74, 6) is 0.785. The second-order valence-electron chi connectivity index (χ2n) is 7.98. The normalized spacial score (nSPS) is 18.5. The number of carbonyl (C=O) groups excluding carboxylic acids is 1. The maximum atomic E-state index is 14.2. The van der Waals surface area contributed by atoms with Gasteiger partial charge in [0.2, 0.25) is 15.9 Å². The quantitative estimate of drug-likeness (QED) is 0.741. The summed E-state index contributed by atoms with van der Waals surface area (Å²) in [4.78, 5) is 23.7. The molecule has 0 saturated carbocycles.